The zero-order chi connectivity index (χ0) is 11.4. The molecule has 0 saturated heterocycles. The predicted octanol–water partition coefficient (Wildman–Crippen LogP) is 2.51. The monoisotopic (exact) mass is 220 g/mol. The average molecular weight is 220 g/mol. The van der Waals surface area contributed by atoms with Gasteiger partial charge >= 0.3 is 0 Å². The first kappa shape index (κ1) is 11.2. The first-order valence-electron chi connectivity index (χ1n) is 6.06. The van der Waals surface area contributed by atoms with Gasteiger partial charge in [0.05, 0.1) is 0 Å². The van der Waals surface area contributed by atoms with Crippen LogP contribution >= 0.6 is 0 Å². The van der Waals surface area contributed by atoms with Crippen molar-refractivity contribution in [3.05, 3.63) is 12.4 Å². The Morgan fingerprint density at radius 3 is 2.69 bits per heavy atom. The minimum atomic E-state index is 0.563. The summed E-state index contributed by atoms with van der Waals surface area (Å²) >= 11 is 0. The Labute approximate surface area is 96.9 Å². The molecule has 2 N–H and O–H groups in total. The molecule has 16 heavy (non-hydrogen) atoms. The summed E-state index contributed by atoms with van der Waals surface area (Å²) in [6, 6.07) is 2.52. The number of nitrogens with zero attached hydrogens (tertiary/aromatic N) is 2. The molecule has 1 fully saturated rings. The van der Waals surface area contributed by atoms with Crippen LogP contribution in [0.2, 0.25) is 0 Å². The van der Waals surface area contributed by atoms with Crippen molar-refractivity contribution in [1.29, 1.82) is 0 Å². The fraction of sp³-hybridized carbons (Fsp3) is 0.667. The topological polar surface area (TPSA) is 49.8 Å². The van der Waals surface area contributed by atoms with Gasteiger partial charge in [0.15, 0.2) is 0 Å². The van der Waals surface area contributed by atoms with Gasteiger partial charge in [-0.15, -0.1) is 0 Å². The van der Waals surface area contributed by atoms with Crippen LogP contribution in [0.3, 0.4) is 0 Å². The van der Waals surface area contributed by atoms with Crippen LogP contribution in [0.15, 0.2) is 12.4 Å². The van der Waals surface area contributed by atoms with E-state index >= 15 is 0 Å². The highest BCUT2D eigenvalue weighted by Gasteiger charge is 2.21. The third-order valence-electron chi connectivity index (χ3n) is 3.37. The highest BCUT2D eigenvalue weighted by molar-refractivity contribution is 5.46. The maximum absolute atomic E-state index is 4.25. The maximum Gasteiger partial charge on any atom is 0.131 e. The van der Waals surface area contributed by atoms with Crippen molar-refractivity contribution in [2.45, 2.75) is 38.6 Å². The largest absolute Gasteiger partial charge is 0.373 e. The van der Waals surface area contributed by atoms with Crippen molar-refractivity contribution in [2.75, 3.05) is 17.7 Å². The van der Waals surface area contributed by atoms with E-state index in [1.807, 2.05) is 13.1 Å². The molecular formula is C12H20N4. The molecule has 1 aliphatic carbocycles. The summed E-state index contributed by atoms with van der Waals surface area (Å²) in [7, 11) is 1.87. The molecule has 4 heteroatoms. The standard InChI is InChI=1S/C12H20N4/c1-9-5-3-4-6-10(9)16-12-7-11(13-2)14-8-15-12/h7-10H,3-6H2,1-2H3,(H2,13,14,15,16)/t9-,10-/m1/s1. The summed E-state index contributed by atoms with van der Waals surface area (Å²) in [6.45, 7) is 2.32. The van der Waals surface area contributed by atoms with E-state index in [0.717, 1.165) is 17.6 Å². The van der Waals surface area contributed by atoms with Crippen LogP contribution in [0, 0.1) is 5.92 Å². The van der Waals surface area contributed by atoms with E-state index < -0.39 is 0 Å². The number of hydrogen-bond donors (Lipinski definition) is 2. The van der Waals surface area contributed by atoms with Crippen LogP contribution in [-0.4, -0.2) is 23.1 Å². The van der Waals surface area contributed by atoms with Crippen LogP contribution in [-0.2, 0) is 0 Å². The van der Waals surface area contributed by atoms with Gasteiger partial charge in [-0.05, 0) is 18.8 Å². The lowest BCUT2D eigenvalue weighted by atomic mass is 9.86. The molecule has 0 aromatic carbocycles. The van der Waals surface area contributed by atoms with Crippen molar-refractivity contribution in [2.24, 2.45) is 5.92 Å². The van der Waals surface area contributed by atoms with Crippen LogP contribution in [0.25, 0.3) is 0 Å². The maximum atomic E-state index is 4.25. The predicted molar refractivity (Wildman–Crippen MR) is 66.6 cm³/mol. The molecule has 0 aliphatic heterocycles. The van der Waals surface area contributed by atoms with Gasteiger partial charge in [0.2, 0.25) is 0 Å². The lowest BCUT2D eigenvalue weighted by Crippen LogP contribution is -2.30. The zero-order valence-corrected chi connectivity index (χ0v) is 10.0. The van der Waals surface area contributed by atoms with Gasteiger partial charge in [-0.2, -0.15) is 0 Å². The van der Waals surface area contributed by atoms with Gasteiger partial charge in [0, 0.05) is 19.2 Å². The molecule has 1 aliphatic rings. The van der Waals surface area contributed by atoms with E-state index in [0.29, 0.717) is 6.04 Å². The summed E-state index contributed by atoms with van der Waals surface area (Å²) in [6.07, 6.45) is 6.86. The molecule has 2 rings (SSSR count). The summed E-state index contributed by atoms with van der Waals surface area (Å²) in [5, 5.41) is 6.54. The van der Waals surface area contributed by atoms with Crippen LogP contribution < -0.4 is 10.6 Å². The molecule has 1 saturated carbocycles. The summed E-state index contributed by atoms with van der Waals surface area (Å²) in [5.74, 6) is 2.53. The van der Waals surface area contributed by atoms with Crippen LogP contribution in [0.5, 0.6) is 0 Å². The van der Waals surface area contributed by atoms with E-state index in [1.54, 1.807) is 6.33 Å². The first-order chi connectivity index (χ1) is 7.79. The van der Waals surface area contributed by atoms with Crippen molar-refractivity contribution in [1.82, 2.24) is 9.97 Å². The summed E-state index contributed by atoms with van der Waals surface area (Å²) < 4.78 is 0. The lowest BCUT2D eigenvalue weighted by molar-refractivity contribution is 0.349. The third-order valence-corrected chi connectivity index (χ3v) is 3.37. The number of aromatic nitrogens is 2. The Bertz CT molecular complexity index is 340. The molecule has 0 radical (unpaired) electrons. The molecule has 0 spiro atoms. The van der Waals surface area contributed by atoms with E-state index in [9.17, 15) is 0 Å². The van der Waals surface area contributed by atoms with E-state index in [-0.39, 0.29) is 0 Å². The molecule has 88 valence electrons. The Balaban J connectivity index is 2.01. The molecule has 1 aromatic heterocycles. The Morgan fingerprint density at radius 2 is 1.94 bits per heavy atom. The van der Waals surface area contributed by atoms with Crippen molar-refractivity contribution in [3.63, 3.8) is 0 Å². The molecule has 4 nitrogen and oxygen atoms in total. The average Bonchev–Trinajstić information content (AvgIpc) is 2.32. The van der Waals surface area contributed by atoms with Crippen LogP contribution in [0.4, 0.5) is 11.6 Å². The second kappa shape index (κ2) is 5.14. The number of nitrogens with one attached hydrogen (secondary N) is 2. The molecule has 0 bridgehead atoms. The Kier molecular flexibility index (Phi) is 3.59. The van der Waals surface area contributed by atoms with Crippen molar-refractivity contribution >= 4 is 11.6 Å². The van der Waals surface area contributed by atoms with Crippen molar-refractivity contribution < 1.29 is 0 Å². The van der Waals surface area contributed by atoms with Gasteiger partial charge in [-0.25, -0.2) is 9.97 Å². The Morgan fingerprint density at radius 1 is 1.19 bits per heavy atom. The van der Waals surface area contributed by atoms with Gasteiger partial charge < -0.3 is 10.6 Å². The quantitative estimate of drug-likeness (QED) is 0.821. The van der Waals surface area contributed by atoms with Gasteiger partial charge in [-0.1, -0.05) is 19.8 Å². The van der Waals surface area contributed by atoms with Gasteiger partial charge in [0.1, 0.15) is 18.0 Å². The molecule has 0 unspecified atom stereocenters. The second-order valence-electron chi connectivity index (χ2n) is 4.55. The number of anilines is 2. The molecule has 0 amide bonds. The Hall–Kier alpha value is -1.32. The molecule has 1 heterocycles. The second-order valence-corrected chi connectivity index (χ2v) is 4.55. The van der Waals surface area contributed by atoms with E-state index in [2.05, 4.69) is 27.5 Å². The van der Waals surface area contributed by atoms with Crippen LogP contribution in [0.1, 0.15) is 32.6 Å². The summed E-state index contributed by atoms with van der Waals surface area (Å²) in [4.78, 5) is 8.36. The van der Waals surface area contributed by atoms with Gasteiger partial charge in [0.25, 0.3) is 0 Å². The highest BCUT2D eigenvalue weighted by atomic mass is 15.1. The minimum Gasteiger partial charge on any atom is -0.373 e. The number of hydrogen-bond acceptors (Lipinski definition) is 4. The van der Waals surface area contributed by atoms with E-state index in [4.69, 9.17) is 0 Å². The zero-order valence-electron chi connectivity index (χ0n) is 10.0. The lowest BCUT2D eigenvalue weighted by Gasteiger charge is -2.29. The normalized spacial score (nSPS) is 25.1. The fourth-order valence-electron chi connectivity index (χ4n) is 2.29. The number of rotatable bonds is 3. The summed E-state index contributed by atoms with van der Waals surface area (Å²) in [5.41, 5.74) is 0. The van der Waals surface area contributed by atoms with E-state index in [1.165, 1.54) is 25.7 Å². The first-order valence-corrected chi connectivity index (χ1v) is 6.06. The highest BCUT2D eigenvalue weighted by Crippen LogP contribution is 2.26. The molecule has 1 aromatic rings. The fourth-order valence-corrected chi connectivity index (χ4v) is 2.29. The van der Waals surface area contributed by atoms with Crippen molar-refractivity contribution in [3.8, 4) is 0 Å². The molecule has 2 atom stereocenters. The SMILES string of the molecule is CNc1cc(N[C@@H]2CCCC[C@H]2C)ncn1. The van der Waals surface area contributed by atoms with Gasteiger partial charge in [-0.3, -0.25) is 0 Å². The smallest absolute Gasteiger partial charge is 0.131 e. The third kappa shape index (κ3) is 2.62. The minimum absolute atomic E-state index is 0.563. The molecular weight excluding hydrogens is 200 g/mol.